The quantitative estimate of drug-likeness (QED) is 0.817. The predicted octanol–water partition coefficient (Wildman–Crippen LogP) is 3.32. The van der Waals surface area contributed by atoms with E-state index in [-0.39, 0.29) is 0 Å². The summed E-state index contributed by atoms with van der Waals surface area (Å²) >= 11 is 1.58. The summed E-state index contributed by atoms with van der Waals surface area (Å²) in [4.78, 5) is 0. The highest BCUT2D eigenvalue weighted by Gasteiger charge is 2.11. The number of anilines is 1. The number of benzene rings is 1. The molecule has 2 nitrogen and oxygen atoms in total. The molecule has 0 radical (unpaired) electrons. The molecule has 2 N–H and O–H groups in total. The molecular formula is C13H13NOS. The zero-order chi connectivity index (χ0) is 11.0. The molecule has 1 aliphatic rings. The number of aryl methyl sites for hydroxylation is 1. The maximum absolute atomic E-state index is 5.75. The van der Waals surface area contributed by atoms with E-state index in [9.17, 15) is 0 Å². The van der Waals surface area contributed by atoms with Gasteiger partial charge in [-0.15, -0.1) is 11.3 Å². The molecule has 16 heavy (non-hydrogen) atoms. The summed E-state index contributed by atoms with van der Waals surface area (Å²) in [5, 5.41) is 2.96. The Morgan fingerprint density at radius 3 is 2.94 bits per heavy atom. The number of nitrogen functional groups attached to an aromatic ring is 1. The van der Waals surface area contributed by atoms with Gasteiger partial charge in [0.15, 0.2) is 0 Å². The summed E-state index contributed by atoms with van der Waals surface area (Å²) in [6.45, 7) is 0.845. The minimum atomic E-state index is 0.845. The van der Waals surface area contributed by atoms with Crippen molar-refractivity contribution in [2.75, 3.05) is 12.3 Å². The molecule has 0 aliphatic carbocycles. The lowest BCUT2D eigenvalue weighted by Gasteiger charge is -2.17. The molecule has 82 valence electrons. The first-order chi connectivity index (χ1) is 7.83. The molecule has 0 atom stereocenters. The first kappa shape index (κ1) is 9.73. The third kappa shape index (κ3) is 1.67. The molecule has 0 bridgehead atoms. The van der Waals surface area contributed by atoms with Crippen LogP contribution in [0.15, 0.2) is 29.6 Å². The molecule has 1 aliphatic heterocycles. The average Bonchev–Trinajstić information content (AvgIpc) is 2.75. The minimum absolute atomic E-state index is 0.845. The molecule has 2 heterocycles. The molecule has 0 saturated heterocycles. The fourth-order valence-corrected chi connectivity index (χ4v) is 2.71. The molecule has 3 rings (SSSR count). The van der Waals surface area contributed by atoms with Crippen molar-refractivity contribution < 1.29 is 4.74 Å². The Kier molecular flexibility index (Phi) is 2.33. The number of fused-ring (bicyclic) bond motifs is 1. The molecule has 3 heteroatoms. The summed E-state index contributed by atoms with van der Waals surface area (Å²) in [5.74, 6) is 1.04. The van der Waals surface area contributed by atoms with Gasteiger partial charge in [-0.25, -0.2) is 0 Å². The van der Waals surface area contributed by atoms with Crippen LogP contribution < -0.4 is 10.5 Å². The highest BCUT2D eigenvalue weighted by Crippen LogP contribution is 2.32. The summed E-state index contributed by atoms with van der Waals surface area (Å²) in [7, 11) is 0. The van der Waals surface area contributed by atoms with Crippen molar-refractivity contribution in [3.8, 4) is 16.9 Å². The number of nitrogens with two attached hydrogens (primary N) is 1. The number of rotatable bonds is 1. The van der Waals surface area contributed by atoms with Crippen LogP contribution in [0.1, 0.15) is 12.0 Å². The van der Waals surface area contributed by atoms with Crippen molar-refractivity contribution in [1.82, 2.24) is 0 Å². The van der Waals surface area contributed by atoms with E-state index in [1.54, 1.807) is 11.3 Å². The average molecular weight is 231 g/mol. The van der Waals surface area contributed by atoms with Crippen LogP contribution >= 0.6 is 11.3 Å². The van der Waals surface area contributed by atoms with Crippen molar-refractivity contribution in [1.29, 1.82) is 0 Å². The van der Waals surface area contributed by atoms with Gasteiger partial charge < -0.3 is 10.5 Å². The van der Waals surface area contributed by atoms with Crippen molar-refractivity contribution >= 4 is 16.3 Å². The highest BCUT2D eigenvalue weighted by atomic mass is 32.1. The molecule has 1 aromatic heterocycles. The maximum atomic E-state index is 5.75. The third-order valence-electron chi connectivity index (χ3n) is 2.86. The fourth-order valence-electron chi connectivity index (χ4n) is 2.04. The van der Waals surface area contributed by atoms with E-state index in [1.165, 1.54) is 16.7 Å². The molecule has 0 unspecified atom stereocenters. The fraction of sp³-hybridized carbons (Fsp3) is 0.231. The summed E-state index contributed by atoms with van der Waals surface area (Å²) in [5.41, 5.74) is 9.50. The van der Waals surface area contributed by atoms with Gasteiger partial charge in [0.25, 0.3) is 0 Å². The summed E-state index contributed by atoms with van der Waals surface area (Å²) in [6, 6.07) is 8.41. The van der Waals surface area contributed by atoms with Gasteiger partial charge in [0, 0.05) is 5.38 Å². The zero-order valence-electron chi connectivity index (χ0n) is 8.90. The van der Waals surface area contributed by atoms with Crippen LogP contribution in [0, 0.1) is 0 Å². The van der Waals surface area contributed by atoms with E-state index in [2.05, 4.69) is 23.6 Å². The van der Waals surface area contributed by atoms with E-state index in [4.69, 9.17) is 10.5 Å². The first-order valence-electron chi connectivity index (χ1n) is 5.43. The second-order valence-corrected chi connectivity index (χ2v) is 4.96. The van der Waals surface area contributed by atoms with Gasteiger partial charge in [-0.05, 0) is 47.7 Å². The van der Waals surface area contributed by atoms with E-state index in [0.717, 1.165) is 30.2 Å². The Labute approximate surface area is 98.7 Å². The lowest BCUT2D eigenvalue weighted by Crippen LogP contribution is -2.07. The number of hydrogen-bond acceptors (Lipinski definition) is 3. The van der Waals surface area contributed by atoms with Crippen molar-refractivity contribution in [3.63, 3.8) is 0 Å². The smallest absolute Gasteiger partial charge is 0.122 e. The van der Waals surface area contributed by atoms with E-state index >= 15 is 0 Å². The van der Waals surface area contributed by atoms with Crippen LogP contribution in [0.3, 0.4) is 0 Å². The van der Waals surface area contributed by atoms with Crippen molar-refractivity contribution in [3.05, 3.63) is 35.2 Å². The van der Waals surface area contributed by atoms with Crippen LogP contribution in [0.5, 0.6) is 5.75 Å². The van der Waals surface area contributed by atoms with Crippen LogP contribution in [-0.4, -0.2) is 6.61 Å². The second-order valence-electron chi connectivity index (χ2n) is 4.01. The Hall–Kier alpha value is -1.48. The van der Waals surface area contributed by atoms with Gasteiger partial charge in [0.1, 0.15) is 5.75 Å². The second kappa shape index (κ2) is 3.83. The first-order valence-corrected chi connectivity index (χ1v) is 6.31. The molecular weight excluding hydrogens is 218 g/mol. The molecule has 2 aromatic rings. The lowest BCUT2D eigenvalue weighted by atomic mass is 10.0. The third-order valence-corrected chi connectivity index (χ3v) is 3.62. The zero-order valence-corrected chi connectivity index (χ0v) is 9.72. The topological polar surface area (TPSA) is 35.2 Å². The Balaban J connectivity index is 2.02. The Morgan fingerprint density at radius 2 is 2.12 bits per heavy atom. The van der Waals surface area contributed by atoms with Gasteiger partial charge >= 0.3 is 0 Å². The van der Waals surface area contributed by atoms with Gasteiger partial charge in [-0.1, -0.05) is 6.07 Å². The normalized spacial score (nSPS) is 14.2. The molecule has 0 amide bonds. The van der Waals surface area contributed by atoms with Crippen LogP contribution in [-0.2, 0) is 6.42 Å². The summed E-state index contributed by atoms with van der Waals surface area (Å²) in [6.07, 6.45) is 2.23. The van der Waals surface area contributed by atoms with Gasteiger partial charge in [0.05, 0.1) is 11.6 Å². The lowest BCUT2D eigenvalue weighted by molar-refractivity contribution is 0.288. The molecule has 0 saturated carbocycles. The van der Waals surface area contributed by atoms with Crippen molar-refractivity contribution in [2.24, 2.45) is 0 Å². The monoisotopic (exact) mass is 231 g/mol. The minimum Gasteiger partial charge on any atom is -0.493 e. The number of ether oxygens (including phenoxy) is 1. The highest BCUT2D eigenvalue weighted by molar-refractivity contribution is 7.14. The van der Waals surface area contributed by atoms with E-state index in [0.29, 0.717) is 0 Å². The van der Waals surface area contributed by atoms with Crippen molar-refractivity contribution in [2.45, 2.75) is 12.8 Å². The molecule has 1 aromatic carbocycles. The Bertz CT molecular complexity index is 518. The molecule has 0 fully saturated rings. The maximum Gasteiger partial charge on any atom is 0.122 e. The Morgan fingerprint density at radius 1 is 1.19 bits per heavy atom. The van der Waals surface area contributed by atoms with Crippen LogP contribution in [0.25, 0.3) is 11.1 Å². The van der Waals surface area contributed by atoms with Gasteiger partial charge in [-0.2, -0.15) is 0 Å². The predicted molar refractivity (Wildman–Crippen MR) is 68.0 cm³/mol. The number of hydrogen-bond donors (Lipinski definition) is 1. The molecule has 0 spiro atoms. The van der Waals surface area contributed by atoms with Gasteiger partial charge in [0.2, 0.25) is 0 Å². The van der Waals surface area contributed by atoms with E-state index < -0.39 is 0 Å². The SMILES string of the molecule is Nc1cc(-c2ccc3c(c2)CCCO3)cs1. The number of thiophene rings is 1. The largest absolute Gasteiger partial charge is 0.493 e. The van der Waals surface area contributed by atoms with Gasteiger partial charge in [-0.3, -0.25) is 0 Å². The van der Waals surface area contributed by atoms with Crippen LogP contribution in [0.4, 0.5) is 5.00 Å². The van der Waals surface area contributed by atoms with Crippen LogP contribution in [0.2, 0.25) is 0 Å². The standard InChI is InChI=1S/C13H13NOS/c14-13-7-11(8-16-13)9-3-4-12-10(6-9)2-1-5-15-12/h3-4,6-8H,1-2,5,14H2. The summed E-state index contributed by atoms with van der Waals surface area (Å²) < 4.78 is 5.60. The van der Waals surface area contributed by atoms with E-state index in [1.807, 2.05) is 6.07 Å².